The van der Waals surface area contributed by atoms with Gasteiger partial charge in [0.2, 0.25) is 11.0 Å². The summed E-state index contributed by atoms with van der Waals surface area (Å²) in [5.74, 6) is 0.567. The number of nitrogens with one attached hydrogen (secondary N) is 1. The Morgan fingerprint density at radius 2 is 1.15 bits per heavy atom. The van der Waals surface area contributed by atoms with E-state index in [9.17, 15) is 19.2 Å². The lowest BCUT2D eigenvalue weighted by Gasteiger charge is -2.33. The van der Waals surface area contributed by atoms with E-state index < -0.39 is 11.2 Å². The van der Waals surface area contributed by atoms with Gasteiger partial charge in [0.25, 0.3) is 0 Å². The Bertz CT molecular complexity index is 1280. The molecule has 2 fully saturated rings. The second-order valence-electron chi connectivity index (χ2n) is 14.8. The Balaban J connectivity index is 1.07. The monoisotopic (exact) mass is 705 g/mol. The molecule has 0 bridgehead atoms. The third-order valence-corrected chi connectivity index (χ3v) is 10.0. The SMILES string of the molecule is CC(C)(C)OC(=O)N1CCC(CC(=O)Cc2nnc(CCCCc3nnc(NC(=O)CC4CCN(C(=O)OC(C)(C)C)CC4)s3)s2)CC1. The molecule has 4 rings (SSSR count). The molecule has 4 heterocycles. The van der Waals surface area contributed by atoms with Crippen LogP contribution in [0.1, 0.15) is 108 Å². The quantitative estimate of drug-likeness (QED) is 0.257. The van der Waals surface area contributed by atoms with Gasteiger partial charge in [0.05, 0.1) is 6.42 Å². The molecule has 2 aliphatic rings. The Labute approximate surface area is 291 Å². The largest absolute Gasteiger partial charge is 0.444 e. The number of ketones is 1. The van der Waals surface area contributed by atoms with Crippen LogP contribution >= 0.6 is 22.7 Å². The second-order valence-corrected chi connectivity index (χ2v) is 17.0. The minimum absolute atomic E-state index is 0.0810. The van der Waals surface area contributed by atoms with Crippen LogP contribution in [0.25, 0.3) is 0 Å². The number of piperidine rings is 2. The predicted octanol–water partition coefficient (Wildman–Crippen LogP) is 6.08. The van der Waals surface area contributed by atoms with Crippen LogP contribution in [0.5, 0.6) is 0 Å². The summed E-state index contributed by atoms with van der Waals surface area (Å²) >= 11 is 2.89. The number of ether oxygens (including phenoxy) is 2. The molecular weight excluding hydrogens is 655 g/mol. The Hall–Kier alpha value is -3.20. The number of hydrogen-bond donors (Lipinski definition) is 1. The normalized spacial score (nSPS) is 16.5. The van der Waals surface area contributed by atoms with Crippen molar-refractivity contribution in [3.63, 3.8) is 0 Å². The number of amides is 3. The minimum Gasteiger partial charge on any atom is -0.444 e. The van der Waals surface area contributed by atoms with E-state index in [1.165, 1.54) is 22.7 Å². The third kappa shape index (κ3) is 13.0. The summed E-state index contributed by atoms with van der Waals surface area (Å²) in [4.78, 5) is 53.4. The van der Waals surface area contributed by atoms with E-state index >= 15 is 0 Å². The molecule has 0 radical (unpaired) electrons. The molecule has 2 aromatic heterocycles. The number of anilines is 1. The maximum Gasteiger partial charge on any atom is 0.410 e. The Morgan fingerprint density at radius 3 is 1.67 bits per heavy atom. The Kier molecular flexibility index (Phi) is 13.3. The number of likely N-dealkylation sites (tertiary alicyclic amines) is 2. The molecule has 0 aromatic carbocycles. The summed E-state index contributed by atoms with van der Waals surface area (Å²) in [6.45, 7) is 13.6. The molecule has 13 nitrogen and oxygen atoms in total. The van der Waals surface area contributed by atoms with E-state index in [-0.39, 0.29) is 35.7 Å². The number of aryl methyl sites for hydroxylation is 2. The van der Waals surface area contributed by atoms with Gasteiger partial charge in [-0.2, -0.15) is 0 Å². The number of carbonyl (C=O) groups excluding carboxylic acids is 4. The molecule has 1 N–H and O–H groups in total. The van der Waals surface area contributed by atoms with Crippen LogP contribution in [0.4, 0.5) is 14.7 Å². The summed E-state index contributed by atoms with van der Waals surface area (Å²) in [5, 5.41) is 22.9. The molecule has 2 aromatic rings. The van der Waals surface area contributed by atoms with Gasteiger partial charge in [-0.15, -0.1) is 31.7 Å². The van der Waals surface area contributed by atoms with E-state index in [1.54, 1.807) is 9.80 Å². The van der Waals surface area contributed by atoms with Gasteiger partial charge in [-0.1, -0.05) is 11.3 Å². The van der Waals surface area contributed by atoms with Gasteiger partial charge in [0.1, 0.15) is 32.0 Å². The number of Topliss-reactive ketones (excluding diaryl/α,β-unsaturated/α-hetero) is 1. The predicted molar refractivity (Wildman–Crippen MR) is 184 cm³/mol. The lowest BCUT2D eigenvalue weighted by atomic mass is 9.91. The summed E-state index contributed by atoms with van der Waals surface area (Å²) in [5.41, 5.74) is -1.03. The summed E-state index contributed by atoms with van der Waals surface area (Å²) in [7, 11) is 0. The highest BCUT2D eigenvalue weighted by Gasteiger charge is 2.29. The minimum atomic E-state index is -0.520. The van der Waals surface area contributed by atoms with Crippen molar-refractivity contribution in [2.24, 2.45) is 11.8 Å². The van der Waals surface area contributed by atoms with Crippen molar-refractivity contribution in [2.45, 2.75) is 123 Å². The van der Waals surface area contributed by atoms with Gasteiger partial charge < -0.3 is 24.6 Å². The van der Waals surface area contributed by atoms with Crippen molar-refractivity contribution in [2.75, 3.05) is 31.5 Å². The van der Waals surface area contributed by atoms with Gasteiger partial charge in [-0.3, -0.25) is 9.59 Å². The van der Waals surface area contributed by atoms with Crippen LogP contribution in [0.15, 0.2) is 0 Å². The molecule has 0 spiro atoms. The van der Waals surface area contributed by atoms with Crippen molar-refractivity contribution in [3.8, 4) is 0 Å². The Morgan fingerprint density at radius 1 is 0.688 bits per heavy atom. The number of unbranched alkanes of at least 4 members (excludes halogenated alkanes) is 1. The summed E-state index contributed by atoms with van der Waals surface area (Å²) < 4.78 is 10.9. The van der Waals surface area contributed by atoms with E-state index in [4.69, 9.17) is 9.47 Å². The highest BCUT2D eigenvalue weighted by molar-refractivity contribution is 7.15. The number of rotatable bonds is 12. The van der Waals surface area contributed by atoms with Crippen molar-refractivity contribution >= 4 is 51.7 Å². The number of carbonyl (C=O) groups is 4. The number of hydrogen-bond acceptors (Lipinski definition) is 12. The van der Waals surface area contributed by atoms with E-state index in [1.807, 2.05) is 41.5 Å². The zero-order chi connectivity index (χ0) is 34.9. The molecule has 0 saturated carbocycles. The highest BCUT2D eigenvalue weighted by atomic mass is 32.1. The van der Waals surface area contributed by atoms with Crippen LogP contribution in [-0.2, 0) is 38.3 Å². The first kappa shape index (κ1) is 37.6. The molecular formula is C33H51N7O6S2. The van der Waals surface area contributed by atoms with Gasteiger partial charge in [-0.05, 0) is 91.9 Å². The summed E-state index contributed by atoms with van der Waals surface area (Å²) in [6.07, 6.45) is 7.07. The van der Waals surface area contributed by atoms with Crippen molar-refractivity contribution in [3.05, 3.63) is 15.0 Å². The van der Waals surface area contributed by atoms with E-state index in [0.717, 1.165) is 66.4 Å². The lowest BCUT2D eigenvalue weighted by molar-refractivity contribution is -0.119. The van der Waals surface area contributed by atoms with Crippen molar-refractivity contribution < 1.29 is 28.7 Å². The first-order valence-corrected chi connectivity index (χ1v) is 18.7. The molecule has 2 aliphatic heterocycles. The number of nitrogens with zero attached hydrogens (tertiary/aromatic N) is 6. The first-order valence-electron chi connectivity index (χ1n) is 17.0. The highest BCUT2D eigenvalue weighted by Crippen LogP contribution is 2.26. The van der Waals surface area contributed by atoms with Gasteiger partial charge in [0.15, 0.2) is 0 Å². The van der Waals surface area contributed by atoms with E-state index in [0.29, 0.717) is 50.6 Å². The zero-order valence-corrected chi connectivity index (χ0v) is 30.8. The molecule has 0 unspecified atom stereocenters. The fourth-order valence-corrected chi connectivity index (χ4v) is 7.42. The van der Waals surface area contributed by atoms with Crippen molar-refractivity contribution in [1.29, 1.82) is 0 Å². The molecule has 2 saturated heterocycles. The second kappa shape index (κ2) is 17.0. The fourth-order valence-electron chi connectivity index (χ4n) is 5.71. The topological polar surface area (TPSA) is 157 Å². The maximum atomic E-state index is 12.7. The van der Waals surface area contributed by atoms with Crippen LogP contribution < -0.4 is 5.32 Å². The molecule has 15 heteroatoms. The van der Waals surface area contributed by atoms with Gasteiger partial charge in [-0.25, -0.2) is 9.59 Å². The first-order chi connectivity index (χ1) is 22.6. The average Bonchev–Trinajstić information content (AvgIpc) is 3.63. The van der Waals surface area contributed by atoms with Crippen LogP contribution in [0.3, 0.4) is 0 Å². The fraction of sp³-hybridized carbons (Fsp3) is 0.758. The molecule has 0 aliphatic carbocycles. The van der Waals surface area contributed by atoms with Crippen molar-refractivity contribution in [1.82, 2.24) is 30.2 Å². The van der Waals surface area contributed by atoms with Gasteiger partial charge in [0, 0.05) is 51.9 Å². The van der Waals surface area contributed by atoms with Crippen LogP contribution in [-0.4, -0.2) is 91.5 Å². The van der Waals surface area contributed by atoms with Crippen LogP contribution in [0, 0.1) is 11.8 Å². The third-order valence-electron chi connectivity index (χ3n) is 8.12. The lowest BCUT2D eigenvalue weighted by Crippen LogP contribution is -2.42. The standard InChI is InChI=1S/C33H51N7O6S2/c1-32(2,3)45-30(43)39-15-11-22(12-16-39)19-24(41)21-28-37-35-26(47-28)9-7-8-10-27-36-38-29(48-27)34-25(42)20-23-13-17-40(18-14-23)31(44)46-33(4,5)6/h22-23H,7-21H2,1-6H3,(H,34,38,42). The number of aromatic nitrogens is 4. The zero-order valence-electron chi connectivity index (χ0n) is 29.2. The molecule has 266 valence electrons. The molecule has 48 heavy (non-hydrogen) atoms. The molecule has 3 amide bonds. The maximum absolute atomic E-state index is 12.7. The van der Waals surface area contributed by atoms with Crippen LogP contribution in [0.2, 0.25) is 0 Å². The molecule has 0 atom stereocenters. The van der Waals surface area contributed by atoms with Gasteiger partial charge >= 0.3 is 12.2 Å². The summed E-state index contributed by atoms with van der Waals surface area (Å²) in [6, 6.07) is 0. The smallest absolute Gasteiger partial charge is 0.410 e. The average molecular weight is 706 g/mol. The van der Waals surface area contributed by atoms with E-state index in [2.05, 4.69) is 25.7 Å².